The van der Waals surface area contributed by atoms with Crippen molar-refractivity contribution in [3.8, 4) is 0 Å². The molecular weight excluding hydrogens is 196 g/mol. The van der Waals surface area contributed by atoms with E-state index in [1.54, 1.807) is 0 Å². The Labute approximate surface area is 99.0 Å². The minimum absolute atomic E-state index is 0.609. The Morgan fingerprint density at radius 3 is 2.81 bits per heavy atom. The molecule has 1 heterocycles. The molecule has 1 atom stereocenters. The van der Waals surface area contributed by atoms with Crippen LogP contribution in [0.1, 0.15) is 51.1 Å². The Morgan fingerprint density at radius 2 is 2.19 bits per heavy atom. The minimum Gasteiger partial charge on any atom is -0.354 e. The summed E-state index contributed by atoms with van der Waals surface area (Å²) in [7, 11) is 0. The molecule has 0 aromatic carbocycles. The first-order valence-corrected chi connectivity index (χ1v) is 6.74. The maximum Gasteiger partial charge on any atom is 0.0363 e. The molecule has 1 aliphatic carbocycles. The molecule has 1 aliphatic rings. The van der Waals surface area contributed by atoms with Crippen LogP contribution in [0, 0.1) is 5.92 Å². The van der Waals surface area contributed by atoms with Crippen LogP contribution in [0.2, 0.25) is 0 Å². The van der Waals surface area contributed by atoms with E-state index in [2.05, 4.69) is 42.2 Å². The van der Waals surface area contributed by atoms with E-state index < -0.39 is 0 Å². The zero-order valence-electron chi connectivity index (χ0n) is 10.6. The predicted molar refractivity (Wildman–Crippen MR) is 68.5 cm³/mol. The second-order valence-corrected chi connectivity index (χ2v) is 4.95. The van der Waals surface area contributed by atoms with Gasteiger partial charge in [0, 0.05) is 25.0 Å². The molecule has 0 spiro atoms. The lowest BCUT2D eigenvalue weighted by molar-refractivity contribution is 0.480. The number of aryl methyl sites for hydroxylation is 1. The smallest absolute Gasteiger partial charge is 0.0363 e. The van der Waals surface area contributed by atoms with Crippen molar-refractivity contribution in [3.05, 3.63) is 24.0 Å². The van der Waals surface area contributed by atoms with Crippen molar-refractivity contribution in [2.75, 3.05) is 6.54 Å². The topological polar surface area (TPSA) is 17.0 Å². The summed E-state index contributed by atoms with van der Waals surface area (Å²) in [6, 6.07) is 2.90. The summed E-state index contributed by atoms with van der Waals surface area (Å²) in [5.41, 5.74) is 1.49. The van der Waals surface area contributed by atoms with Crippen LogP contribution in [0.15, 0.2) is 18.5 Å². The Morgan fingerprint density at radius 1 is 1.38 bits per heavy atom. The van der Waals surface area contributed by atoms with Crippen molar-refractivity contribution in [1.29, 1.82) is 0 Å². The third-order valence-electron chi connectivity index (χ3n) is 3.32. The third-order valence-corrected chi connectivity index (χ3v) is 3.32. The average Bonchev–Trinajstić information content (AvgIpc) is 3.01. The van der Waals surface area contributed by atoms with Gasteiger partial charge in [0.05, 0.1) is 0 Å². The van der Waals surface area contributed by atoms with Crippen LogP contribution in [0.5, 0.6) is 0 Å². The summed E-state index contributed by atoms with van der Waals surface area (Å²) < 4.78 is 2.32. The Balaban J connectivity index is 1.99. The minimum atomic E-state index is 0.609. The van der Waals surface area contributed by atoms with Crippen molar-refractivity contribution in [2.24, 2.45) is 5.92 Å². The fourth-order valence-electron chi connectivity index (χ4n) is 2.33. The lowest BCUT2D eigenvalue weighted by atomic mass is 10.1. The molecule has 90 valence electrons. The zero-order chi connectivity index (χ0) is 11.4. The van der Waals surface area contributed by atoms with Crippen LogP contribution in [0.3, 0.4) is 0 Å². The predicted octanol–water partition coefficient (Wildman–Crippen LogP) is 3.35. The van der Waals surface area contributed by atoms with Gasteiger partial charge in [0.15, 0.2) is 0 Å². The summed E-state index contributed by atoms with van der Waals surface area (Å²) in [6.45, 7) is 6.75. The molecule has 1 N–H and O–H groups in total. The van der Waals surface area contributed by atoms with E-state index in [9.17, 15) is 0 Å². The van der Waals surface area contributed by atoms with E-state index in [0.717, 1.165) is 19.0 Å². The second-order valence-electron chi connectivity index (χ2n) is 4.95. The molecule has 0 amide bonds. The maximum absolute atomic E-state index is 3.69. The molecule has 1 aromatic heterocycles. The van der Waals surface area contributed by atoms with Gasteiger partial charge in [0.1, 0.15) is 0 Å². The van der Waals surface area contributed by atoms with Crippen molar-refractivity contribution in [2.45, 2.75) is 52.1 Å². The molecule has 16 heavy (non-hydrogen) atoms. The molecule has 0 radical (unpaired) electrons. The van der Waals surface area contributed by atoms with Crippen LogP contribution in [0.4, 0.5) is 0 Å². The van der Waals surface area contributed by atoms with Crippen LogP contribution in [0.25, 0.3) is 0 Å². The quantitative estimate of drug-likeness (QED) is 0.745. The summed E-state index contributed by atoms with van der Waals surface area (Å²) in [5.74, 6) is 0.893. The van der Waals surface area contributed by atoms with Crippen molar-refractivity contribution >= 4 is 0 Å². The van der Waals surface area contributed by atoms with Gasteiger partial charge in [0.25, 0.3) is 0 Å². The molecule has 0 bridgehead atoms. The van der Waals surface area contributed by atoms with Crippen molar-refractivity contribution in [3.63, 3.8) is 0 Å². The van der Waals surface area contributed by atoms with E-state index in [0.29, 0.717) is 6.04 Å². The third kappa shape index (κ3) is 2.88. The SMILES string of the molecule is CCCNC(c1ccn(CCC)c1)C1CC1. The Bertz CT molecular complexity index is 312. The first-order valence-electron chi connectivity index (χ1n) is 6.74. The van der Waals surface area contributed by atoms with Crippen LogP contribution in [-0.4, -0.2) is 11.1 Å². The monoisotopic (exact) mass is 220 g/mol. The van der Waals surface area contributed by atoms with Gasteiger partial charge in [-0.05, 0) is 49.8 Å². The normalized spacial score (nSPS) is 17.6. The molecule has 2 rings (SSSR count). The Hall–Kier alpha value is -0.760. The molecule has 2 heteroatoms. The average molecular weight is 220 g/mol. The van der Waals surface area contributed by atoms with Crippen LogP contribution >= 0.6 is 0 Å². The summed E-state index contributed by atoms with van der Waals surface area (Å²) in [5, 5.41) is 3.69. The van der Waals surface area contributed by atoms with Gasteiger partial charge >= 0.3 is 0 Å². The highest BCUT2D eigenvalue weighted by Gasteiger charge is 2.32. The number of hydrogen-bond donors (Lipinski definition) is 1. The summed E-state index contributed by atoms with van der Waals surface area (Å²) in [6.07, 6.45) is 9.79. The standard InChI is InChI=1S/C14H24N2/c1-3-8-15-14(12-5-6-12)13-7-10-16(11-13)9-4-2/h7,10-12,14-15H,3-6,8-9H2,1-2H3. The molecule has 0 aliphatic heterocycles. The number of aromatic nitrogens is 1. The highest BCUT2D eigenvalue weighted by molar-refractivity contribution is 5.18. The lowest BCUT2D eigenvalue weighted by Crippen LogP contribution is -2.23. The molecule has 1 fully saturated rings. The first kappa shape index (κ1) is 11.7. The van der Waals surface area contributed by atoms with E-state index in [1.807, 2.05) is 0 Å². The summed E-state index contributed by atoms with van der Waals surface area (Å²) >= 11 is 0. The summed E-state index contributed by atoms with van der Waals surface area (Å²) in [4.78, 5) is 0. The largest absolute Gasteiger partial charge is 0.354 e. The van der Waals surface area contributed by atoms with Gasteiger partial charge in [-0.3, -0.25) is 0 Å². The molecule has 1 aromatic rings. The Kier molecular flexibility index (Phi) is 4.05. The fourth-order valence-corrected chi connectivity index (χ4v) is 2.33. The fraction of sp³-hybridized carbons (Fsp3) is 0.714. The first-order chi connectivity index (χ1) is 7.85. The highest BCUT2D eigenvalue weighted by atomic mass is 15.0. The van der Waals surface area contributed by atoms with E-state index in [4.69, 9.17) is 0 Å². The van der Waals surface area contributed by atoms with Crippen molar-refractivity contribution < 1.29 is 0 Å². The van der Waals surface area contributed by atoms with Crippen molar-refractivity contribution in [1.82, 2.24) is 9.88 Å². The van der Waals surface area contributed by atoms with Gasteiger partial charge < -0.3 is 9.88 Å². The van der Waals surface area contributed by atoms with Gasteiger partial charge in [-0.2, -0.15) is 0 Å². The molecular formula is C14H24N2. The van der Waals surface area contributed by atoms with Gasteiger partial charge in [-0.1, -0.05) is 13.8 Å². The number of hydrogen-bond acceptors (Lipinski definition) is 1. The van der Waals surface area contributed by atoms with E-state index in [1.165, 1.54) is 31.2 Å². The van der Waals surface area contributed by atoms with Gasteiger partial charge in [-0.25, -0.2) is 0 Å². The second kappa shape index (κ2) is 5.53. The number of rotatable bonds is 7. The number of nitrogens with one attached hydrogen (secondary N) is 1. The van der Waals surface area contributed by atoms with Gasteiger partial charge in [0.2, 0.25) is 0 Å². The maximum atomic E-state index is 3.69. The van der Waals surface area contributed by atoms with E-state index >= 15 is 0 Å². The molecule has 1 unspecified atom stereocenters. The van der Waals surface area contributed by atoms with Crippen LogP contribution in [-0.2, 0) is 6.54 Å². The molecule has 0 saturated heterocycles. The molecule has 2 nitrogen and oxygen atoms in total. The zero-order valence-corrected chi connectivity index (χ0v) is 10.6. The highest BCUT2D eigenvalue weighted by Crippen LogP contribution is 2.41. The van der Waals surface area contributed by atoms with Crippen LogP contribution < -0.4 is 5.32 Å². The van der Waals surface area contributed by atoms with E-state index in [-0.39, 0.29) is 0 Å². The number of nitrogens with zero attached hydrogens (tertiary/aromatic N) is 1. The molecule has 1 saturated carbocycles. The lowest BCUT2D eigenvalue weighted by Gasteiger charge is -2.16. The van der Waals surface area contributed by atoms with Gasteiger partial charge in [-0.15, -0.1) is 0 Å².